The zero-order chi connectivity index (χ0) is 28.6. The lowest BCUT2D eigenvalue weighted by molar-refractivity contribution is -0.384. The summed E-state index contributed by atoms with van der Waals surface area (Å²) in [6.07, 6.45) is 1.97. The van der Waals surface area contributed by atoms with Crippen molar-refractivity contribution in [3.05, 3.63) is 119 Å². The molecule has 3 heterocycles. The minimum atomic E-state index is -3.55. The molecule has 208 valence electrons. The van der Waals surface area contributed by atoms with Gasteiger partial charge in [-0.15, -0.1) is 0 Å². The Kier molecular flexibility index (Phi) is 7.12. The lowest BCUT2D eigenvalue weighted by Crippen LogP contribution is -2.48. The molecule has 6 rings (SSSR count). The van der Waals surface area contributed by atoms with Crippen LogP contribution in [0.2, 0.25) is 0 Å². The van der Waals surface area contributed by atoms with E-state index < -0.39 is 14.9 Å². The normalized spacial score (nSPS) is 14.9. The SMILES string of the molecule is Cc1ccc(S(=O)(=O)N2CCN(Cc3c(-c4ccccc4)nc4ccc(-c5cccc([N+](=O)[O-])c5)cn34)CC2)cc1. The van der Waals surface area contributed by atoms with E-state index in [2.05, 4.69) is 4.90 Å². The highest BCUT2D eigenvalue weighted by Gasteiger charge is 2.29. The molecule has 0 bridgehead atoms. The number of aromatic nitrogens is 2. The Morgan fingerprint density at radius 2 is 1.54 bits per heavy atom. The fourth-order valence-corrected chi connectivity index (χ4v) is 6.66. The Balaban J connectivity index is 1.31. The fraction of sp³-hybridized carbons (Fsp3) is 0.194. The van der Waals surface area contributed by atoms with Gasteiger partial charge in [-0.2, -0.15) is 4.31 Å². The van der Waals surface area contributed by atoms with Crippen LogP contribution in [0.4, 0.5) is 5.69 Å². The Morgan fingerprint density at radius 1 is 0.829 bits per heavy atom. The van der Waals surface area contributed by atoms with Crippen molar-refractivity contribution < 1.29 is 13.3 Å². The third-order valence-corrected chi connectivity index (χ3v) is 9.43. The molecule has 1 aliphatic heterocycles. The van der Waals surface area contributed by atoms with Gasteiger partial charge in [-0.1, -0.05) is 60.2 Å². The van der Waals surface area contributed by atoms with Crippen molar-refractivity contribution >= 4 is 21.4 Å². The zero-order valence-corrected chi connectivity index (χ0v) is 23.4. The molecule has 0 saturated carbocycles. The van der Waals surface area contributed by atoms with E-state index in [1.807, 2.05) is 78.2 Å². The molecule has 1 aliphatic rings. The number of sulfonamides is 1. The van der Waals surface area contributed by atoms with Crippen LogP contribution in [0.15, 0.2) is 102 Å². The highest BCUT2D eigenvalue weighted by Crippen LogP contribution is 2.30. The van der Waals surface area contributed by atoms with Gasteiger partial charge in [0.05, 0.1) is 21.2 Å². The second-order valence-corrected chi connectivity index (χ2v) is 12.2. The van der Waals surface area contributed by atoms with Crippen LogP contribution in [-0.2, 0) is 16.6 Å². The summed E-state index contributed by atoms with van der Waals surface area (Å²) in [7, 11) is -3.55. The summed E-state index contributed by atoms with van der Waals surface area (Å²) in [5, 5.41) is 11.4. The molecule has 0 spiro atoms. The van der Waals surface area contributed by atoms with Crippen molar-refractivity contribution in [3.63, 3.8) is 0 Å². The number of non-ortho nitro benzene ring substituents is 1. The maximum absolute atomic E-state index is 13.2. The van der Waals surface area contributed by atoms with Crippen LogP contribution in [0.25, 0.3) is 28.0 Å². The van der Waals surface area contributed by atoms with E-state index >= 15 is 0 Å². The maximum Gasteiger partial charge on any atom is 0.270 e. The Labute approximate surface area is 238 Å². The highest BCUT2D eigenvalue weighted by molar-refractivity contribution is 7.89. The number of pyridine rings is 1. The summed E-state index contributed by atoms with van der Waals surface area (Å²) < 4.78 is 30.1. The zero-order valence-electron chi connectivity index (χ0n) is 22.6. The monoisotopic (exact) mass is 567 g/mol. The molecule has 0 aliphatic carbocycles. The second kappa shape index (κ2) is 10.9. The Hall–Kier alpha value is -4.38. The lowest BCUT2D eigenvalue weighted by atomic mass is 10.1. The molecule has 10 heteroatoms. The van der Waals surface area contributed by atoms with Crippen LogP contribution in [0, 0.1) is 17.0 Å². The molecule has 0 atom stereocenters. The van der Waals surface area contributed by atoms with Crippen LogP contribution >= 0.6 is 0 Å². The van der Waals surface area contributed by atoms with Gasteiger partial charge >= 0.3 is 0 Å². The van der Waals surface area contributed by atoms with E-state index in [0.717, 1.165) is 39.3 Å². The van der Waals surface area contributed by atoms with E-state index in [1.165, 1.54) is 6.07 Å². The van der Waals surface area contributed by atoms with Gasteiger partial charge in [-0.05, 0) is 42.3 Å². The number of nitro groups is 1. The lowest BCUT2D eigenvalue weighted by Gasteiger charge is -2.34. The summed E-state index contributed by atoms with van der Waals surface area (Å²) in [6, 6.07) is 27.4. The average molecular weight is 568 g/mol. The number of aryl methyl sites for hydroxylation is 1. The number of imidazole rings is 1. The number of fused-ring (bicyclic) bond motifs is 1. The van der Waals surface area contributed by atoms with Crippen LogP contribution in [0.5, 0.6) is 0 Å². The maximum atomic E-state index is 13.2. The molecule has 0 unspecified atom stereocenters. The summed E-state index contributed by atoms with van der Waals surface area (Å²) in [4.78, 5) is 18.5. The van der Waals surface area contributed by atoms with Crippen LogP contribution in [0.3, 0.4) is 0 Å². The van der Waals surface area contributed by atoms with Gasteiger partial charge in [-0.3, -0.25) is 15.0 Å². The summed E-state index contributed by atoms with van der Waals surface area (Å²) in [5.41, 5.74) is 6.24. The minimum absolute atomic E-state index is 0.0388. The van der Waals surface area contributed by atoms with Gasteiger partial charge < -0.3 is 4.40 Å². The first kappa shape index (κ1) is 26.8. The Morgan fingerprint density at radius 3 is 2.24 bits per heavy atom. The molecule has 41 heavy (non-hydrogen) atoms. The van der Waals surface area contributed by atoms with Crippen molar-refractivity contribution in [3.8, 4) is 22.4 Å². The molecular weight excluding hydrogens is 538 g/mol. The molecular formula is C31H29N5O4S. The first-order valence-electron chi connectivity index (χ1n) is 13.4. The summed E-state index contributed by atoms with van der Waals surface area (Å²) >= 11 is 0. The third kappa shape index (κ3) is 5.37. The summed E-state index contributed by atoms with van der Waals surface area (Å²) in [6.45, 7) is 4.46. The molecule has 0 radical (unpaired) electrons. The van der Waals surface area contributed by atoms with Gasteiger partial charge in [0.15, 0.2) is 0 Å². The van der Waals surface area contributed by atoms with Gasteiger partial charge in [0.1, 0.15) is 5.65 Å². The van der Waals surface area contributed by atoms with Crippen molar-refractivity contribution in [1.82, 2.24) is 18.6 Å². The molecule has 9 nitrogen and oxygen atoms in total. The number of nitrogens with zero attached hydrogens (tertiary/aromatic N) is 5. The predicted molar refractivity (Wildman–Crippen MR) is 158 cm³/mol. The van der Waals surface area contributed by atoms with Crippen LogP contribution in [0.1, 0.15) is 11.3 Å². The number of piperazine rings is 1. The standard InChI is InChI=1S/C31H29N5O4S/c1-23-10-13-28(14-11-23)41(39,40)34-18-16-33(17-19-34)22-29-31(24-6-3-2-4-7-24)32-30-15-12-26(21-35(29)30)25-8-5-9-27(20-25)36(37)38/h2-15,20-21H,16-19,22H2,1H3. The first-order chi connectivity index (χ1) is 19.8. The Bertz CT molecular complexity index is 1830. The van der Waals surface area contributed by atoms with Gasteiger partial charge in [-0.25, -0.2) is 13.4 Å². The fourth-order valence-electron chi connectivity index (χ4n) is 5.24. The number of benzene rings is 3. The number of rotatable bonds is 7. The second-order valence-electron chi connectivity index (χ2n) is 10.2. The topological polar surface area (TPSA) is 101 Å². The van der Waals surface area contributed by atoms with E-state index in [1.54, 1.807) is 28.6 Å². The van der Waals surface area contributed by atoms with Crippen molar-refractivity contribution in [2.24, 2.45) is 0 Å². The molecule has 0 amide bonds. The molecule has 2 aromatic heterocycles. The van der Waals surface area contributed by atoms with E-state index in [9.17, 15) is 18.5 Å². The first-order valence-corrected chi connectivity index (χ1v) is 14.8. The quantitative estimate of drug-likeness (QED) is 0.193. The highest BCUT2D eigenvalue weighted by atomic mass is 32.2. The van der Waals surface area contributed by atoms with E-state index in [0.29, 0.717) is 37.6 Å². The van der Waals surface area contributed by atoms with Crippen molar-refractivity contribution in [1.29, 1.82) is 0 Å². The number of nitro benzene ring substituents is 1. The predicted octanol–water partition coefficient (Wildman–Crippen LogP) is 5.39. The largest absolute Gasteiger partial charge is 0.301 e. The molecule has 5 aromatic rings. The van der Waals surface area contributed by atoms with Crippen molar-refractivity contribution in [2.75, 3.05) is 26.2 Å². The molecule has 1 saturated heterocycles. The van der Waals surface area contributed by atoms with E-state index in [4.69, 9.17) is 4.98 Å². The number of hydrogen-bond donors (Lipinski definition) is 0. The van der Waals surface area contributed by atoms with Gasteiger partial charge in [0, 0.05) is 56.6 Å². The smallest absolute Gasteiger partial charge is 0.270 e. The summed E-state index contributed by atoms with van der Waals surface area (Å²) in [5.74, 6) is 0. The van der Waals surface area contributed by atoms with Crippen molar-refractivity contribution in [2.45, 2.75) is 18.4 Å². The minimum Gasteiger partial charge on any atom is -0.301 e. The van der Waals surface area contributed by atoms with Crippen LogP contribution < -0.4 is 0 Å². The van der Waals surface area contributed by atoms with E-state index in [-0.39, 0.29) is 5.69 Å². The third-order valence-electron chi connectivity index (χ3n) is 7.52. The number of hydrogen-bond acceptors (Lipinski definition) is 6. The average Bonchev–Trinajstić information content (AvgIpc) is 3.35. The molecule has 1 fully saturated rings. The molecule has 3 aromatic carbocycles. The van der Waals surface area contributed by atoms with Gasteiger partial charge in [0.25, 0.3) is 5.69 Å². The van der Waals surface area contributed by atoms with Crippen LogP contribution in [-0.4, -0.2) is 58.1 Å². The van der Waals surface area contributed by atoms with Gasteiger partial charge in [0.2, 0.25) is 10.0 Å². The molecule has 0 N–H and O–H groups in total.